The van der Waals surface area contributed by atoms with Crippen molar-refractivity contribution < 1.29 is 12.8 Å². The van der Waals surface area contributed by atoms with Gasteiger partial charge in [-0.3, -0.25) is 4.79 Å². The molecule has 1 aliphatic rings. The van der Waals surface area contributed by atoms with Crippen LogP contribution in [0.2, 0.25) is 0 Å². The second-order valence-electron chi connectivity index (χ2n) is 7.50. The van der Waals surface area contributed by atoms with Crippen LogP contribution in [0.15, 0.2) is 68.8 Å². The molecule has 1 aliphatic heterocycles. The summed E-state index contributed by atoms with van der Waals surface area (Å²) in [5.74, 6) is 0.725. The molecule has 0 radical (unpaired) electrons. The Balaban J connectivity index is 1.41. The van der Waals surface area contributed by atoms with Crippen molar-refractivity contribution in [3.05, 3.63) is 65.0 Å². The molecule has 7 nitrogen and oxygen atoms in total. The Kier molecular flexibility index (Phi) is 4.60. The van der Waals surface area contributed by atoms with Gasteiger partial charge in [0.2, 0.25) is 10.0 Å². The van der Waals surface area contributed by atoms with E-state index in [4.69, 9.17) is 4.42 Å². The number of nitrogens with zero attached hydrogens (tertiary/aromatic N) is 1. The number of hydrogen-bond donors (Lipinski definition) is 2. The average molecular weight is 423 g/mol. The highest BCUT2D eigenvalue weighted by Crippen LogP contribution is 2.30. The summed E-state index contributed by atoms with van der Waals surface area (Å²) < 4.78 is 32.9. The molecular weight excluding hydrogens is 402 g/mol. The number of rotatable bonds is 4. The first-order valence-electron chi connectivity index (χ1n) is 9.93. The summed E-state index contributed by atoms with van der Waals surface area (Å²) >= 11 is 0. The minimum atomic E-state index is -3.44. The number of furan rings is 1. The topological polar surface area (TPSA) is 95.4 Å². The van der Waals surface area contributed by atoms with E-state index in [1.165, 1.54) is 12.1 Å². The van der Waals surface area contributed by atoms with Gasteiger partial charge in [0.05, 0.1) is 4.90 Å². The van der Waals surface area contributed by atoms with E-state index in [9.17, 15) is 13.2 Å². The van der Waals surface area contributed by atoms with Gasteiger partial charge in [0, 0.05) is 41.8 Å². The first kappa shape index (κ1) is 18.9. The molecule has 8 heteroatoms. The van der Waals surface area contributed by atoms with Gasteiger partial charge in [-0.2, -0.15) is 4.31 Å². The van der Waals surface area contributed by atoms with Crippen molar-refractivity contribution in [2.75, 3.05) is 18.4 Å². The second kappa shape index (κ2) is 7.30. The third-order valence-electron chi connectivity index (χ3n) is 5.46. The highest BCUT2D eigenvalue weighted by Gasteiger charge is 2.25. The Labute approximate surface area is 173 Å². The number of aromatic amines is 1. The van der Waals surface area contributed by atoms with Crippen LogP contribution in [0.5, 0.6) is 0 Å². The third kappa shape index (κ3) is 3.38. The molecule has 2 aromatic carbocycles. The standard InChI is InChI=1S/C22H21N3O4S/c26-16-6-9-18-19-13-22(23-14-21(19)29-20(18)12-16)24-15-4-7-17(8-5-15)30(27,28)25-10-2-1-3-11-25/h4-9,12-14,23-24H,1-3,10-11H2. The normalized spacial score (nSPS) is 15.6. The number of aromatic nitrogens is 1. The van der Waals surface area contributed by atoms with Crippen LogP contribution in [0.3, 0.4) is 0 Å². The summed E-state index contributed by atoms with van der Waals surface area (Å²) in [6.45, 7) is 1.17. The number of anilines is 2. The van der Waals surface area contributed by atoms with Crippen molar-refractivity contribution in [2.24, 2.45) is 0 Å². The maximum atomic E-state index is 12.8. The predicted molar refractivity (Wildman–Crippen MR) is 117 cm³/mol. The SMILES string of the molecule is O=c1ccc2c(c1)oc1c[nH]c(Nc3ccc(S(=O)(=O)N4CCCCC4)cc3)cc12. The molecule has 3 heterocycles. The molecule has 2 aromatic heterocycles. The van der Waals surface area contributed by atoms with E-state index in [1.54, 1.807) is 40.8 Å². The number of benzene rings is 2. The van der Waals surface area contributed by atoms with Crippen LogP contribution >= 0.6 is 0 Å². The third-order valence-corrected chi connectivity index (χ3v) is 7.38. The van der Waals surface area contributed by atoms with Crippen molar-refractivity contribution in [2.45, 2.75) is 24.2 Å². The molecule has 30 heavy (non-hydrogen) atoms. The Hall–Kier alpha value is -3.10. The Bertz CT molecular complexity index is 1380. The largest absolute Gasteiger partial charge is 0.454 e. The highest BCUT2D eigenvalue weighted by atomic mass is 32.2. The number of pyridine rings is 1. The van der Waals surface area contributed by atoms with Crippen LogP contribution < -0.4 is 10.7 Å². The lowest BCUT2D eigenvalue weighted by molar-refractivity contribution is 0.346. The molecule has 0 saturated carbocycles. The summed E-state index contributed by atoms with van der Waals surface area (Å²) in [6.07, 6.45) is 4.64. The van der Waals surface area contributed by atoms with Crippen molar-refractivity contribution in [3.63, 3.8) is 0 Å². The molecule has 0 spiro atoms. The van der Waals surface area contributed by atoms with E-state index in [0.29, 0.717) is 29.2 Å². The van der Waals surface area contributed by atoms with Crippen LogP contribution in [0.4, 0.5) is 11.5 Å². The van der Waals surface area contributed by atoms with Crippen LogP contribution in [-0.2, 0) is 10.0 Å². The van der Waals surface area contributed by atoms with Crippen molar-refractivity contribution in [1.29, 1.82) is 0 Å². The predicted octanol–water partition coefficient (Wildman–Crippen LogP) is 4.19. The van der Waals surface area contributed by atoms with Crippen LogP contribution in [0.25, 0.3) is 21.9 Å². The maximum Gasteiger partial charge on any atom is 0.243 e. The van der Waals surface area contributed by atoms with Crippen LogP contribution in [0, 0.1) is 0 Å². The van der Waals surface area contributed by atoms with Crippen LogP contribution in [-0.4, -0.2) is 30.8 Å². The number of nitrogens with one attached hydrogen (secondary N) is 2. The smallest absolute Gasteiger partial charge is 0.243 e. The molecule has 1 saturated heterocycles. The summed E-state index contributed by atoms with van der Waals surface area (Å²) in [7, 11) is -3.44. The molecule has 0 bridgehead atoms. The van der Waals surface area contributed by atoms with Crippen molar-refractivity contribution >= 4 is 43.5 Å². The van der Waals surface area contributed by atoms with E-state index in [2.05, 4.69) is 10.3 Å². The number of fused-ring (bicyclic) bond motifs is 3. The molecule has 1 fully saturated rings. The van der Waals surface area contributed by atoms with E-state index < -0.39 is 10.0 Å². The molecule has 154 valence electrons. The van der Waals surface area contributed by atoms with Gasteiger partial charge in [-0.25, -0.2) is 8.42 Å². The zero-order chi connectivity index (χ0) is 20.7. The van der Waals surface area contributed by atoms with Crippen molar-refractivity contribution in [3.8, 4) is 0 Å². The summed E-state index contributed by atoms with van der Waals surface area (Å²) in [5, 5.41) is 5.00. The van der Waals surface area contributed by atoms with E-state index >= 15 is 0 Å². The quantitative estimate of drug-likeness (QED) is 0.513. The van der Waals surface area contributed by atoms with Gasteiger partial charge in [0.15, 0.2) is 11.0 Å². The fraction of sp³-hybridized carbons (Fsp3) is 0.227. The molecule has 5 rings (SSSR count). The van der Waals surface area contributed by atoms with Gasteiger partial charge in [0.25, 0.3) is 0 Å². The fourth-order valence-corrected chi connectivity index (χ4v) is 5.41. The first-order chi connectivity index (χ1) is 14.5. The number of hydrogen-bond acceptors (Lipinski definition) is 5. The number of sulfonamides is 1. The van der Waals surface area contributed by atoms with Gasteiger partial charge in [0.1, 0.15) is 11.4 Å². The lowest BCUT2D eigenvalue weighted by Gasteiger charge is -2.25. The molecule has 2 N–H and O–H groups in total. The second-order valence-corrected chi connectivity index (χ2v) is 9.44. The fourth-order valence-electron chi connectivity index (χ4n) is 3.89. The minimum absolute atomic E-state index is 0.0940. The molecule has 0 aliphatic carbocycles. The first-order valence-corrected chi connectivity index (χ1v) is 11.4. The van der Waals surface area contributed by atoms with Gasteiger partial charge in [-0.1, -0.05) is 6.42 Å². The minimum Gasteiger partial charge on any atom is -0.454 e. The van der Waals surface area contributed by atoms with E-state index in [1.807, 2.05) is 6.07 Å². The summed E-state index contributed by atoms with van der Waals surface area (Å²) in [5.41, 5.74) is 1.88. The molecule has 0 amide bonds. The monoisotopic (exact) mass is 423 g/mol. The van der Waals surface area contributed by atoms with Crippen LogP contribution in [0.1, 0.15) is 19.3 Å². The Morgan fingerprint density at radius 1 is 0.900 bits per heavy atom. The van der Waals surface area contributed by atoms with Gasteiger partial charge in [-0.15, -0.1) is 0 Å². The zero-order valence-corrected chi connectivity index (χ0v) is 17.0. The maximum absolute atomic E-state index is 12.8. The average Bonchev–Trinajstić information content (AvgIpc) is 3.11. The molecule has 0 unspecified atom stereocenters. The molecule has 0 atom stereocenters. The van der Waals surface area contributed by atoms with Gasteiger partial charge >= 0.3 is 0 Å². The molecular formula is C22H21N3O4S. The van der Waals surface area contributed by atoms with Gasteiger partial charge in [-0.05, 0) is 55.3 Å². The zero-order valence-electron chi connectivity index (χ0n) is 16.2. The van der Waals surface area contributed by atoms with Crippen molar-refractivity contribution in [1.82, 2.24) is 9.29 Å². The summed E-state index contributed by atoms with van der Waals surface area (Å²) in [4.78, 5) is 15.0. The lowest BCUT2D eigenvalue weighted by atomic mass is 10.2. The lowest BCUT2D eigenvalue weighted by Crippen LogP contribution is -2.35. The molecule has 4 aromatic rings. The van der Waals surface area contributed by atoms with E-state index in [0.717, 1.165) is 41.5 Å². The highest BCUT2D eigenvalue weighted by molar-refractivity contribution is 7.89. The number of piperidine rings is 1. The Morgan fingerprint density at radius 2 is 1.67 bits per heavy atom. The number of H-pyrrole nitrogens is 1. The Morgan fingerprint density at radius 3 is 2.43 bits per heavy atom. The van der Waals surface area contributed by atoms with Gasteiger partial charge < -0.3 is 14.7 Å². The van der Waals surface area contributed by atoms with E-state index in [-0.39, 0.29) is 5.43 Å². The summed E-state index contributed by atoms with van der Waals surface area (Å²) in [6, 6.07) is 13.4.